The summed E-state index contributed by atoms with van der Waals surface area (Å²) < 4.78 is 20.6. The molecule has 4 nitrogen and oxygen atoms in total. The van der Waals surface area contributed by atoms with Gasteiger partial charge < -0.3 is 9.84 Å². The highest BCUT2D eigenvalue weighted by molar-refractivity contribution is 5.39. The van der Waals surface area contributed by atoms with Crippen molar-refractivity contribution >= 4 is 0 Å². The lowest BCUT2D eigenvalue weighted by molar-refractivity contribution is 0.194. The molecule has 2 aromatic rings. The van der Waals surface area contributed by atoms with E-state index in [2.05, 4.69) is 5.10 Å². The first-order chi connectivity index (χ1) is 8.08. The molecule has 0 saturated carbocycles. The Morgan fingerprint density at radius 2 is 2.24 bits per heavy atom. The summed E-state index contributed by atoms with van der Waals surface area (Å²) in [6.07, 6.45) is 2.31. The number of aliphatic hydroxyl groups excluding tert-OH is 1. The fourth-order valence-corrected chi connectivity index (χ4v) is 1.53. The Kier molecular flexibility index (Phi) is 3.10. The van der Waals surface area contributed by atoms with Crippen LogP contribution in [0.15, 0.2) is 30.6 Å². The van der Waals surface area contributed by atoms with Crippen molar-refractivity contribution in [1.82, 2.24) is 9.78 Å². The molecule has 2 rings (SSSR count). The van der Waals surface area contributed by atoms with Gasteiger partial charge in [0, 0.05) is 12.6 Å². The quantitative estimate of drug-likeness (QED) is 0.890. The summed E-state index contributed by atoms with van der Waals surface area (Å²) in [5, 5.41) is 13.5. The van der Waals surface area contributed by atoms with Gasteiger partial charge in [-0.25, -0.2) is 4.39 Å². The number of aliphatic hydroxyl groups is 1. The number of hydrogen-bond donors (Lipinski definition) is 1. The van der Waals surface area contributed by atoms with Gasteiger partial charge in [0.2, 0.25) is 0 Å². The largest absolute Gasteiger partial charge is 0.451 e. The molecule has 0 unspecified atom stereocenters. The zero-order valence-electron chi connectivity index (χ0n) is 9.59. The summed E-state index contributed by atoms with van der Waals surface area (Å²) in [6, 6.07) is 4.45. The minimum absolute atomic E-state index is 0.0375. The molecular weight excluding hydrogens is 223 g/mol. The molecule has 0 bridgehead atoms. The summed E-state index contributed by atoms with van der Waals surface area (Å²) in [7, 11) is 1.74. The number of halogens is 1. The van der Waals surface area contributed by atoms with E-state index in [9.17, 15) is 9.50 Å². The number of nitrogens with zero attached hydrogens (tertiary/aromatic N) is 2. The molecule has 5 heteroatoms. The zero-order valence-corrected chi connectivity index (χ0v) is 9.59. The normalized spacial score (nSPS) is 12.5. The first kappa shape index (κ1) is 11.6. The number of ether oxygens (including phenoxy) is 1. The number of para-hydroxylation sites is 1. The van der Waals surface area contributed by atoms with Gasteiger partial charge in [-0.2, -0.15) is 5.10 Å². The Labute approximate surface area is 98.3 Å². The van der Waals surface area contributed by atoms with E-state index in [0.29, 0.717) is 11.3 Å². The molecule has 17 heavy (non-hydrogen) atoms. The Morgan fingerprint density at radius 1 is 1.47 bits per heavy atom. The maximum atomic E-state index is 13.6. The van der Waals surface area contributed by atoms with Gasteiger partial charge in [0.05, 0.1) is 18.5 Å². The predicted molar refractivity (Wildman–Crippen MR) is 60.3 cm³/mol. The van der Waals surface area contributed by atoms with Crippen molar-refractivity contribution in [3.63, 3.8) is 0 Å². The number of aryl methyl sites for hydroxylation is 1. The Balaban J connectivity index is 2.37. The molecule has 0 fully saturated rings. The highest BCUT2D eigenvalue weighted by Gasteiger charge is 2.15. The number of hydrogen-bond acceptors (Lipinski definition) is 3. The molecule has 0 aliphatic carbocycles. The summed E-state index contributed by atoms with van der Waals surface area (Å²) in [4.78, 5) is 0. The summed E-state index contributed by atoms with van der Waals surface area (Å²) >= 11 is 0. The number of benzene rings is 1. The molecule has 0 radical (unpaired) electrons. The molecular formula is C12H13FN2O2. The van der Waals surface area contributed by atoms with Crippen LogP contribution in [0.25, 0.3) is 0 Å². The van der Waals surface area contributed by atoms with E-state index in [1.54, 1.807) is 30.9 Å². The van der Waals surface area contributed by atoms with Gasteiger partial charge >= 0.3 is 0 Å². The minimum Gasteiger partial charge on any atom is -0.451 e. The number of aromatic nitrogens is 2. The monoisotopic (exact) mass is 236 g/mol. The Bertz CT molecular complexity index is 523. The van der Waals surface area contributed by atoms with Gasteiger partial charge in [-0.05, 0) is 13.0 Å². The number of rotatable bonds is 3. The Morgan fingerprint density at radius 3 is 2.82 bits per heavy atom. The lowest BCUT2D eigenvalue weighted by atomic mass is 10.1. The average molecular weight is 236 g/mol. The van der Waals surface area contributed by atoms with Crippen LogP contribution in [-0.4, -0.2) is 14.9 Å². The third-order valence-electron chi connectivity index (χ3n) is 2.35. The molecule has 0 aliphatic heterocycles. The van der Waals surface area contributed by atoms with Crippen LogP contribution in [0.2, 0.25) is 0 Å². The van der Waals surface area contributed by atoms with Crippen LogP contribution in [0.5, 0.6) is 11.5 Å². The van der Waals surface area contributed by atoms with Crippen LogP contribution in [0, 0.1) is 5.82 Å². The molecule has 1 N–H and O–H groups in total. The topological polar surface area (TPSA) is 47.3 Å². The van der Waals surface area contributed by atoms with Gasteiger partial charge in [-0.1, -0.05) is 12.1 Å². The van der Waals surface area contributed by atoms with E-state index in [4.69, 9.17) is 4.74 Å². The second kappa shape index (κ2) is 4.55. The van der Waals surface area contributed by atoms with Crippen LogP contribution in [0.3, 0.4) is 0 Å². The van der Waals surface area contributed by atoms with E-state index in [-0.39, 0.29) is 5.75 Å². The third kappa shape index (κ3) is 2.45. The minimum atomic E-state index is -0.794. The summed E-state index contributed by atoms with van der Waals surface area (Å²) in [5.41, 5.74) is 0.411. The molecule has 0 aliphatic rings. The molecule has 0 amide bonds. The first-order valence-corrected chi connectivity index (χ1v) is 5.21. The van der Waals surface area contributed by atoms with Crippen LogP contribution in [0.4, 0.5) is 4.39 Å². The van der Waals surface area contributed by atoms with Crippen LogP contribution >= 0.6 is 0 Å². The Hall–Kier alpha value is -1.88. The van der Waals surface area contributed by atoms with Crippen molar-refractivity contribution in [1.29, 1.82) is 0 Å². The molecule has 0 spiro atoms. The van der Waals surface area contributed by atoms with Gasteiger partial charge in [0.1, 0.15) is 0 Å². The van der Waals surface area contributed by atoms with Gasteiger partial charge in [0.15, 0.2) is 17.3 Å². The van der Waals surface area contributed by atoms with Crippen LogP contribution < -0.4 is 4.74 Å². The van der Waals surface area contributed by atoms with Gasteiger partial charge in [0.25, 0.3) is 0 Å². The van der Waals surface area contributed by atoms with E-state index < -0.39 is 11.9 Å². The fraction of sp³-hybridized carbons (Fsp3) is 0.250. The van der Waals surface area contributed by atoms with Crippen LogP contribution in [0.1, 0.15) is 18.6 Å². The third-order valence-corrected chi connectivity index (χ3v) is 2.35. The van der Waals surface area contributed by atoms with Crippen molar-refractivity contribution in [3.8, 4) is 11.5 Å². The maximum Gasteiger partial charge on any atom is 0.168 e. The maximum absolute atomic E-state index is 13.6. The van der Waals surface area contributed by atoms with E-state index in [0.717, 1.165) is 0 Å². The predicted octanol–water partition coefficient (Wildman–Crippen LogP) is 2.40. The van der Waals surface area contributed by atoms with Crippen molar-refractivity contribution in [2.45, 2.75) is 13.0 Å². The average Bonchev–Trinajstić information content (AvgIpc) is 2.67. The van der Waals surface area contributed by atoms with E-state index in [1.165, 1.54) is 18.3 Å². The molecule has 1 aromatic heterocycles. The standard InChI is InChI=1S/C12H13FN2O2/c1-8(16)10-4-3-5-11(13)12(10)17-9-6-14-15(2)7-9/h3-8,16H,1-2H3/t8-/m0/s1. The second-order valence-corrected chi connectivity index (χ2v) is 3.79. The fourth-order valence-electron chi connectivity index (χ4n) is 1.53. The zero-order chi connectivity index (χ0) is 12.4. The lowest BCUT2D eigenvalue weighted by Crippen LogP contribution is -1.98. The van der Waals surface area contributed by atoms with Crippen molar-refractivity contribution < 1.29 is 14.2 Å². The van der Waals surface area contributed by atoms with E-state index in [1.807, 2.05) is 0 Å². The van der Waals surface area contributed by atoms with Crippen molar-refractivity contribution in [2.75, 3.05) is 0 Å². The highest BCUT2D eigenvalue weighted by atomic mass is 19.1. The second-order valence-electron chi connectivity index (χ2n) is 3.79. The molecule has 1 aromatic carbocycles. The summed E-state index contributed by atoms with van der Waals surface area (Å²) in [5.74, 6) is -0.0396. The SMILES string of the molecule is C[C@H](O)c1cccc(F)c1Oc1cnn(C)c1. The summed E-state index contributed by atoms with van der Waals surface area (Å²) in [6.45, 7) is 1.56. The van der Waals surface area contributed by atoms with Crippen molar-refractivity contribution in [2.24, 2.45) is 7.05 Å². The first-order valence-electron chi connectivity index (χ1n) is 5.21. The lowest BCUT2D eigenvalue weighted by Gasteiger charge is -2.12. The van der Waals surface area contributed by atoms with Gasteiger partial charge in [-0.3, -0.25) is 4.68 Å². The van der Waals surface area contributed by atoms with E-state index >= 15 is 0 Å². The van der Waals surface area contributed by atoms with Crippen molar-refractivity contribution in [3.05, 3.63) is 42.0 Å². The molecule has 1 heterocycles. The highest BCUT2D eigenvalue weighted by Crippen LogP contribution is 2.31. The molecule has 0 saturated heterocycles. The molecule has 90 valence electrons. The molecule has 1 atom stereocenters. The van der Waals surface area contributed by atoms with Crippen LogP contribution in [-0.2, 0) is 7.05 Å². The van der Waals surface area contributed by atoms with Gasteiger partial charge in [-0.15, -0.1) is 0 Å². The smallest absolute Gasteiger partial charge is 0.168 e.